The highest BCUT2D eigenvalue weighted by atomic mass is 16.6. The molecule has 0 bridgehead atoms. The summed E-state index contributed by atoms with van der Waals surface area (Å²) >= 11 is 0. The predicted octanol–water partition coefficient (Wildman–Crippen LogP) is 5.97. The summed E-state index contributed by atoms with van der Waals surface area (Å²) in [5.74, 6) is -1.54. The van der Waals surface area contributed by atoms with E-state index < -0.39 is 36.2 Å². The summed E-state index contributed by atoms with van der Waals surface area (Å²) in [6.45, 7) is 9.46. The lowest BCUT2D eigenvalue weighted by atomic mass is 10.1. The predicted molar refractivity (Wildman–Crippen MR) is 153 cm³/mol. The molecule has 1 rings (SSSR count). The van der Waals surface area contributed by atoms with Crippen LogP contribution in [0, 0.1) is 0 Å². The number of carbonyl (C=O) groups is 4. The molecule has 0 radical (unpaired) electrons. The van der Waals surface area contributed by atoms with Crippen molar-refractivity contribution in [2.75, 3.05) is 0 Å². The number of rotatable bonds is 20. The highest BCUT2D eigenvalue weighted by Gasteiger charge is 2.25. The monoisotopic (exact) mass is 563 g/mol. The minimum Gasteiger partial charge on any atom is -0.459 e. The first kappa shape index (κ1) is 35.1. The highest BCUT2D eigenvalue weighted by molar-refractivity contribution is 5.77. The van der Waals surface area contributed by atoms with Gasteiger partial charge in [0.15, 0.2) is 11.5 Å². The van der Waals surface area contributed by atoms with Gasteiger partial charge >= 0.3 is 23.9 Å². The number of unbranched alkanes of at least 4 members (excludes halogenated alkanes) is 6. The fourth-order valence-corrected chi connectivity index (χ4v) is 3.81. The molecule has 0 unspecified atom stereocenters. The number of carbonyl (C=O) groups excluding carboxylic acids is 4. The Morgan fingerprint density at radius 3 is 1.68 bits per heavy atom. The minimum absolute atomic E-state index is 0.0991. The second-order valence-corrected chi connectivity index (χ2v) is 10.2. The van der Waals surface area contributed by atoms with Crippen molar-refractivity contribution in [2.45, 2.75) is 136 Å². The fourth-order valence-electron chi connectivity index (χ4n) is 3.81. The Hall–Kier alpha value is -2.94. The molecule has 0 amide bonds. The maximum atomic E-state index is 12.7. The second kappa shape index (κ2) is 20.0. The van der Waals surface area contributed by atoms with Crippen molar-refractivity contribution in [3.8, 4) is 11.5 Å². The van der Waals surface area contributed by atoms with Crippen LogP contribution in [0.25, 0.3) is 0 Å². The van der Waals surface area contributed by atoms with E-state index in [1.54, 1.807) is 32.0 Å². The van der Waals surface area contributed by atoms with Crippen molar-refractivity contribution >= 4 is 23.9 Å². The van der Waals surface area contributed by atoms with Gasteiger partial charge in [-0.2, -0.15) is 0 Å². The van der Waals surface area contributed by atoms with Gasteiger partial charge in [0.2, 0.25) is 0 Å². The van der Waals surface area contributed by atoms with Gasteiger partial charge in [-0.1, -0.05) is 65.4 Å². The molecule has 0 aliphatic heterocycles. The zero-order valence-electron chi connectivity index (χ0n) is 25.0. The number of hydrogen-bond acceptors (Lipinski definition) is 9. The summed E-state index contributed by atoms with van der Waals surface area (Å²) in [6.07, 6.45) is 7.53. The smallest absolute Gasteiger partial charge is 0.323 e. The Morgan fingerprint density at radius 2 is 1.15 bits per heavy atom. The maximum Gasteiger partial charge on any atom is 0.323 e. The Balaban J connectivity index is 2.84. The van der Waals surface area contributed by atoms with Crippen LogP contribution in [-0.4, -0.2) is 42.1 Å². The fraction of sp³-hybridized carbons (Fsp3) is 0.677. The maximum absolute atomic E-state index is 12.7. The van der Waals surface area contributed by atoms with Crippen LogP contribution in [-0.2, 0) is 35.1 Å². The standard InChI is InChI=1S/C31H49NO8/c1-6-9-12-15-28(33)37-22(4)23(5)38-31(36)25(32)20-24-18-19-26(39-29(34)16-13-10-7-2)27(21-24)40-30(35)17-14-11-8-3/h18-19,21-23,25H,6-17,20,32H2,1-5H3/t22-,23-,25-/m0/s1. The van der Waals surface area contributed by atoms with Gasteiger partial charge in [0.25, 0.3) is 0 Å². The van der Waals surface area contributed by atoms with Crippen LogP contribution in [0.5, 0.6) is 11.5 Å². The van der Waals surface area contributed by atoms with E-state index in [1.807, 2.05) is 13.8 Å². The average Bonchev–Trinajstić information content (AvgIpc) is 2.90. The van der Waals surface area contributed by atoms with Gasteiger partial charge in [0, 0.05) is 19.3 Å². The van der Waals surface area contributed by atoms with Crippen LogP contribution >= 0.6 is 0 Å². The molecule has 0 aromatic heterocycles. The molecule has 226 valence electrons. The number of nitrogens with two attached hydrogens (primary N) is 1. The SMILES string of the molecule is CCCCCC(=O)Oc1ccc(C[C@H](N)C(=O)O[C@@H](C)[C@H](C)OC(=O)CCCCC)cc1OC(=O)CCCCC. The summed E-state index contributed by atoms with van der Waals surface area (Å²) in [4.78, 5) is 49.4. The average molecular weight is 564 g/mol. The third-order valence-electron chi connectivity index (χ3n) is 6.45. The number of ether oxygens (including phenoxy) is 4. The van der Waals surface area contributed by atoms with Gasteiger partial charge in [0.05, 0.1) is 0 Å². The summed E-state index contributed by atoms with van der Waals surface area (Å²) < 4.78 is 21.9. The third-order valence-corrected chi connectivity index (χ3v) is 6.45. The van der Waals surface area contributed by atoms with Crippen molar-refractivity contribution in [3.63, 3.8) is 0 Å². The van der Waals surface area contributed by atoms with E-state index in [9.17, 15) is 19.2 Å². The molecule has 0 aliphatic rings. The summed E-state index contributed by atoms with van der Waals surface area (Å²) in [6, 6.07) is 3.76. The largest absolute Gasteiger partial charge is 0.459 e. The first-order valence-electron chi connectivity index (χ1n) is 14.8. The molecular formula is C31H49NO8. The molecule has 1 aromatic rings. The van der Waals surface area contributed by atoms with E-state index >= 15 is 0 Å². The molecule has 0 fully saturated rings. The quantitative estimate of drug-likeness (QED) is 0.116. The van der Waals surface area contributed by atoms with E-state index in [-0.39, 0.29) is 36.7 Å². The summed E-state index contributed by atoms with van der Waals surface area (Å²) in [7, 11) is 0. The van der Waals surface area contributed by atoms with Crippen molar-refractivity contribution in [1.29, 1.82) is 0 Å². The first-order chi connectivity index (χ1) is 19.1. The number of esters is 4. The lowest BCUT2D eigenvalue weighted by Crippen LogP contribution is -2.39. The summed E-state index contributed by atoms with van der Waals surface area (Å²) in [5.41, 5.74) is 6.73. The number of hydrogen-bond donors (Lipinski definition) is 1. The van der Waals surface area contributed by atoms with Crippen molar-refractivity contribution in [2.24, 2.45) is 5.73 Å². The van der Waals surface area contributed by atoms with Gasteiger partial charge in [0.1, 0.15) is 18.2 Å². The lowest BCUT2D eigenvalue weighted by Gasteiger charge is -2.22. The molecule has 1 aromatic carbocycles. The highest BCUT2D eigenvalue weighted by Crippen LogP contribution is 2.30. The molecular weight excluding hydrogens is 514 g/mol. The molecule has 40 heavy (non-hydrogen) atoms. The third kappa shape index (κ3) is 14.4. The van der Waals surface area contributed by atoms with Gasteiger partial charge < -0.3 is 24.7 Å². The molecule has 3 atom stereocenters. The Morgan fingerprint density at radius 1 is 0.675 bits per heavy atom. The van der Waals surface area contributed by atoms with Crippen molar-refractivity contribution < 1.29 is 38.1 Å². The van der Waals surface area contributed by atoms with Crippen molar-refractivity contribution in [1.82, 2.24) is 0 Å². The molecule has 9 nitrogen and oxygen atoms in total. The molecule has 0 saturated heterocycles. The molecule has 2 N–H and O–H groups in total. The zero-order chi connectivity index (χ0) is 29.9. The van der Waals surface area contributed by atoms with E-state index in [2.05, 4.69) is 6.92 Å². The van der Waals surface area contributed by atoms with E-state index in [0.717, 1.165) is 44.9 Å². The minimum atomic E-state index is -1.01. The van der Waals surface area contributed by atoms with Crippen LogP contribution in [0.1, 0.15) is 117 Å². The summed E-state index contributed by atoms with van der Waals surface area (Å²) in [5, 5.41) is 0. The molecule has 0 aliphatic carbocycles. The first-order valence-corrected chi connectivity index (χ1v) is 14.8. The van der Waals surface area contributed by atoms with Gasteiger partial charge in [-0.05, 0) is 57.2 Å². The Labute approximate surface area is 239 Å². The van der Waals surface area contributed by atoms with E-state index in [0.29, 0.717) is 24.8 Å². The van der Waals surface area contributed by atoms with Crippen LogP contribution in [0.3, 0.4) is 0 Å². The zero-order valence-corrected chi connectivity index (χ0v) is 25.0. The lowest BCUT2D eigenvalue weighted by molar-refractivity contribution is -0.166. The van der Waals surface area contributed by atoms with Crippen LogP contribution in [0.2, 0.25) is 0 Å². The van der Waals surface area contributed by atoms with Crippen molar-refractivity contribution in [3.05, 3.63) is 23.8 Å². The molecule has 0 saturated carbocycles. The van der Waals surface area contributed by atoms with Gasteiger partial charge in [-0.3, -0.25) is 19.2 Å². The topological polar surface area (TPSA) is 131 Å². The van der Waals surface area contributed by atoms with E-state index in [4.69, 9.17) is 24.7 Å². The number of benzene rings is 1. The van der Waals surface area contributed by atoms with E-state index in [1.165, 1.54) is 0 Å². The van der Waals surface area contributed by atoms with Gasteiger partial charge in [-0.25, -0.2) is 0 Å². The van der Waals surface area contributed by atoms with Crippen LogP contribution in [0.4, 0.5) is 0 Å². The van der Waals surface area contributed by atoms with Crippen LogP contribution in [0.15, 0.2) is 18.2 Å². The Kier molecular flexibility index (Phi) is 17.6. The van der Waals surface area contributed by atoms with Gasteiger partial charge in [-0.15, -0.1) is 0 Å². The molecule has 0 heterocycles. The normalized spacial score (nSPS) is 13.2. The second-order valence-electron chi connectivity index (χ2n) is 10.2. The Bertz CT molecular complexity index is 932. The molecule has 0 spiro atoms. The molecule has 9 heteroatoms. The van der Waals surface area contributed by atoms with Crippen LogP contribution < -0.4 is 15.2 Å².